The quantitative estimate of drug-likeness (QED) is 0.306. The van der Waals surface area contributed by atoms with Crippen molar-refractivity contribution in [3.63, 3.8) is 0 Å². The molecule has 0 spiro atoms. The molecule has 7 nitrogen and oxygen atoms in total. The summed E-state index contributed by atoms with van der Waals surface area (Å²) in [6, 6.07) is 0. The fourth-order valence-electron chi connectivity index (χ4n) is 0.829. The van der Waals surface area contributed by atoms with Crippen LogP contribution in [0.2, 0.25) is 0 Å². The van der Waals surface area contributed by atoms with E-state index in [4.69, 9.17) is 20.4 Å². The van der Waals surface area contributed by atoms with E-state index in [1.807, 2.05) is 0 Å². The highest BCUT2D eigenvalue weighted by molar-refractivity contribution is 5.81. The smallest absolute Gasteiger partial charge is 0.249 e. The Balaban J connectivity index is 0. The molecule has 0 aromatic rings. The molecule has 0 saturated carbocycles. The molecule has 0 aliphatic carbocycles. The predicted molar refractivity (Wildman–Crippen MR) is 70.4 cm³/mol. The Labute approximate surface area is 113 Å². The minimum atomic E-state index is -1.23. The average Bonchev–Trinajstić information content (AvgIpc) is 2.38. The largest absolute Gasteiger partial charge is 0.396 e. The van der Waals surface area contributed by atoms with Crippen molar-refractivity contribution in [2.45, 2.75) is 39.4 Å². The van der Waals surface area contributed by atoms with Crippen LogP contribution in [0.3, 0.4) is 0 Å². The van der Waals surface area contributed by atoms with Crippen LogP contribution in [0.25, 0.3) is 0 Å². The summed E-state index contributed by atoms with van der Waals surface area (Å²) >= 11 is 0. The number of hydrogen-bond donors (Lipinski definition) is 6. The molecule has 1 amide bonds. The zero-order valence-corrected chi connectivity index (χ0v) is 11.8. The van der Waals surface area contributed by atoms with Gasteiger partial charge in [-0.2, -0.15) is 0 Å². The van der Waals surface area contributed by atoms with E-state index in [0.717, 1.165) is 0 Å². The molecule has 0 fully saturated rings. The Morgan fingerprint density at radius 2 is 1.68 bits per heavy atom. The molecule has 0 heterocycles. The second kappa shape index (κ2) is 11.1. The summed E-state index contributed by atoms with van der Waals surface area (Å²) in [4.78, 5) is 11.3. The molecule has 0 radical (unpaired) electrons. The molecule has 0 aliphatic rings. The Morgan fingerprint density at radius 1 is 1.21 bits per heavy atom. The van der Waals surface area contributed by atoms with Gasteiger partial charge in [0, 0.05) is 18.6 Å². The first-order valence-electron chi connectivity index (χ1n) is 6.19. The van der Waals surface area contributed by atoms with Crippen LogP contribution in [0.1, 0.15) is 27.2 Å². The van der Waals surface area contributed by atoms with E-state index in [0.29, 0.717) is 13.0 Å². The van der Waals surface area contributed by atoms with Crippen molar-refractivity contribution >= 4 is 5.91 Å². The fourth-order valence-corrected chi connectivity index (χ4v) is 0.829. The molecule has 116 valence electrons. The summed E-state index contributed by atoms with van der Waals surface area (Å²) in [5, 5.41) is 45.4. The number of hydrogen-bond acceptors (Lipinski definition) is 6. The van der Waals surface area contributed by atoms with Crippen molar-refractivity contribution in [3.05, 3.63) is 0 Å². The van der Waals surface area contributed by atoms with Gasteiger partial charge in [-0.3, -0.25) is 4.79 Å². The number of nitrogens with one attached hydrogen (secondary N) is 1. The van der Waals surface area contributed by atoms with Crippen LogP contribution in [0.4, 0.5) is 0 Å². The van der Waals surface area contributed by atoms with E-state index in [1.54, 1.807) is 13.8 Å². The van der Waals surface area contributed by atoms with E-state index >= 15 is 0 Å². The van der Waals surface area contributed by atoms with Crippen LogP contribution in [0.15, 0.2) is 0 Å². The molecule has 2 unspecified atom stereocenters. The lowest BCUT2D eigenvalue weighted by Gasteiger charge is -2.27. The molecule has 2 atom stereocenters. The van der Waals surface area contributed by atoms with Crippen LogP contribution in [0, 0.1) is 5.41 Å². The van der Waals surface area contributed by atoms with Crippen LogP contribution in [-0.4, -0.2) is 70.0 Å². The van der Waals surface area contributed by atoms with Gasteiger partial charge in [-0.15, -0.1) is 0 Å². The van der Waals surface area contributed by atoms with E-state index in [2.05, 4.69) is 5.32 Å². The van der Waals surface area contributed by atoms with Gasteiger partial charge in [-0.25, -0.2) is 0 Å². The lowest BCUT2D eigenvalue weighted by atomic mass is 9.87. The maximum absolute atomic E-state index is 11.3. The van der Waals surface area contributed by atoms with Crippen molar-refractivity contribution in [3.8, 4) is 0 Å². The Kier molecular flexibility index (Phi) is 12.1. The molecule has 0 aromatic carbocycles. The van der Waals surface area contributed by atoms with Crippen LogP contribution in [0.5, 0.6) is 0 Å². The molecule has 0 aliphatic heterocycles. The average molecular weight is 281 g/mol. The predicted octanol–water partition coefficient (Wildman–Crippen LogP) is -1.78. The summed E-state index contributed by atoms with van der Waals surface area (Å²) in [6.45, 7) is 4.65. The SMILES string of the molecule is CC(C)(CO)C(O)C(=O)NCCCO.CC(O)CO. The highest BCUT2D eigenvalue weighted by Gasteiger charge is 2.32. The van der Waals surface area contributed by atoms with Gasteiger partial charge in [-0.05, 0) is 13.3 Å². The van der Waals surface area contributed by atoms with E-state index < -0.39 is 23.5 Å². The summed E-state index contributed by atoms with van der Waals surface area (Å²) in [7, 11) is 0. The monoisotopic (exact) mass is 281 g/mol. The zero-order chi connectivity index (χ0) is 15.5. The summed E-state index contributed by atoms with van der Waals surface area (Å²) < 4.78 is 0. The van der Waals surface area contributed by atoms with Gasteiger partial charge < -0.3 is 30.8 Å². The van der Waals surface area contributed by atoms with Gasteiger partial charge in [0.15, 0.2) is 0 Å². The molecule has 7 heteroatoms. The highest BCUT2D eigenvalue weighted by atomic mass is 16.3. The van der Waals surface area contributed by atoms with Crippen molar-refractivity contribution in [1.29, 1.82) is 0 Å². The summed E-state index contributed by atoms with van der Waals surface area (Å²) in [6.07, 6.45) is -1.33. The number of carbonyl (C=O) groups excluding carboxylic acids is 1. The third-order valence-electron chi connectivity index (χ3n) is 2.29. The van der Waals surface area contributed by atoms with E-state index in [1.165, 1.54) is 6.92 Å². The minimum absolute atomic E-state index is 0.000230. The first-order chi connectivity index (χ1) is 8.72. The van der Waals surface area contributed by atoms with E-state index in [-0.39, 0.29) is 19.8 Å². The van der Waals surface area contributed by atoms with Gasteiger partial charge in [-0.1, -0.05) is 13.8 Å². The third-order valence-corrected chi connectivity index (χ3v) is 2.29. The van der Waals surface area contributed by atoms with Gasteiger partial charge >= 0.3 is 0 Å². The summed E-state index contributed by atoms with van der Waals surface area (Å²) in [5.74, 6) is -0.516. The lowest BCUT2D eigenvalue weighted by Crippen LogP contribution is -2.45. The first-order valence-corrected chi connectivity index (χ1v) is 6.19. The standard InChI is InChI=1S/C9H19NO4.C3H8O2/c1-9(2,6-12)7(13)8(14)10-4-3-5-11;1-3(5)2-4/h7,11-13H,3-6H2,1-2H3,(H,10,14);3-5H,2H2,1H3. The second-order valence-corrected chi connectivity index (χ2v) is 4.95. The van der Waals surface area contributed by atoms with Crippen molar-refractivity contribution < 1.29 is 30.3 Å². The number of carbonyl (C=O) groups is 1. The Morgan fingerprint density at radius 3 is 2.00 bits per heavy atom. The van der Waals surface area contributed by atoms with Crippen LogP contribution >= 0.6 is 0 Å². The maximum Gasteiger partial charge on any atom is 0.249 e. The normalized spacial score (nSPS) is 14.1. The summed E-state index contributed by atoms with van der Waals surface area (Å²) in [5.41, 5.74) is -0.844. The van der Waals surface area contributed by atoms with Crippen LogP contribution < -0.4 is 5.32 Å². The molecule has 0 rings (SSSR count). The lowest BCUT2D eigenvalue weighted by molar-refractivity contribution is -0.137. The Bertz CT molecular complexity index is 232. The maximum atomic E-state index is 11.3. The van der Waals surface area contributed by atoms with Gasteiger partial charge in [0.05, 0.1) is 19.3 Å². The molecule has 0 aromatic heterocycles. The highest BCUT2D eigenvalue weighted by Crippen LogP contribution is 2.19. The number of aliphatic hydroxyl groups excluding tert-OH is 5. The molecular formula is C12H27NO6. The number of rotatable bonds is 7. The van der Waals surface area contributed by atoms with Crippen molar-refractivity contribution in [1.82, 2.24) is 5.32 Å². The number of aliphatic hydroxyl groups is 5. The number of amides is 1. The molecule has 6 N–H and O–H groups in total. The van der Waals surface area contributed by atoms with Crippen molar-refractivity contribution in [2.24, 2.45) is 5.41 Å². The zero-order valence-electron chi connectivity index (χ0n) is 11.8. The molecule has 0 bridgehead atoms. The Hall–Kier alpha value is -0.730. The van der Waals surface area contributed by atoms with E-state index in [9.17, 15) is 9.90 Å². The topological polar surface area (TPSA) is 130 Å². The van der Waals surface area contributed by atoms with Gasteiger partial charge in [0.25, 0.3) is 0 Å². The van der Waals surface area contributed by atoms with Gasteiger partial charge in [0.1, 0.15) is 6.10 Å². The first kappa shape index (κ1) is 20.6. The fraction of sp³-hybridized carbons (Fsp3) is 0.917. The third kappa shape index (κ3) is 10.8. The van der Waals surface area contributed by atoms with Gasteiger partial charge in [0.2, 0.25) is 5.91 Å². The van der Waals surface area contributed by atoms with Crippen molar-refractivity contribution in [2.75, 3.05) is 26.4 Å². The molecular weight excluding hydrogens is 254 g/mol. The second-order valence-electron chi connectivity index (χ2n) is 4.95. The molecule has 19 heavy (non-hydrogen) atoms. The minimum Gasteiger partial charge on any atom is -0.396 e. The molecule has 0 saturated heterocycles. The van der Waals surface area contributed by atoms with Crippen LogP contribution in [-0.2, 0) is 4.79 Å².